The maximum Gasteiger partial charge on any atom is 0.408 e. The summed E-state index contributed by atoms with van der Waals surface area (Å²) in [7, 11) is -11.0. The summed E-state index contributed by atoms with van der Waals surface area (Å²) in [5.74, 6) is -4.95. The van der Waals surface area contributed by atoms with Gasteiger partial charge >= 0.3 is 12.2 Å². The summed E-state index contributed by atoms with van der Waals surface area (Å²) >= 11 is 0. The molecule has 2 saturated carbocycles. The average molecular weight is 1450 g/mol. The molecule has 4 saturated heterocycles. The summed E-state index contributed by atoms with van der Waals surface area (Å²) in [6, 6.07) is -5.43. The molecule has 98 heavy (non-hydrogen) atoms. The van der Waals surface area contributed by atoms with Crippen LogP contribution in [0.4, 0.5) is 9.59 Å². The Morgan fingerprint density at radius 1 is 0.592 bits per heavy atom. The van der Waals surface area contributed by atoms with E-state index < -0.39 is 143 Å². The van der Waals surface area contributed by atoms with E-state index in [2.05, 4.69) is 84.3 Å². The number of carbonyl (C=O) groups excluding carboxylic acids is 9. The van der Waals surface area contributed by atoms with E-state index in [9.17, 15) is 65.1 Å². The van der Waals surface area contributed by atoms with E-state index in [1.807, 2.05) is 27.7 Å². The number of hydrogen-bond donors (Lipinski definition) is 7. The van der Waals surface area contributed by atoms with Crippen LogP contribution in [0.15, 0.2) is 25.3 Å². The predicted octanol–water partition coefficient (Wildman–Crippen LogP) is 5.88. The van der Waals surface area contributed by atoms with Crippen molar-refractivity contribution in [3.63, 3.8) is 0 Å². The Hall–Kier alpha value is -5.28. The highest BCUT2D eigenvalue weighted by molar-refractivity contribution is 7.89. The van der Waals surface area contributed by atoms with Gasteiger partial charge in [0.2, 0.25) is 49.5 Å². The minimum Gasteiger partial charge on any atom is -0.444 e. The highest BCUT2D eigenvalue weighted by atomic mass is 32.2. The van der Waals surface area contributed by atoms with Gasteiger partial charge in [0.1, 0.15) is 35.4 Å². The van der Waals surface area contributed by atoms with Gasteiger partial charge in [0, 0.05) is 68.5 Å². The van der Waals surface area contributed by atoms with Crippen molar-refractivity contribution in [2.24, 2.45) is 34.5 Å². The number of rotatable bonds is 18. The molecule has 7 N–H and O–H groups in total. The largest absolute Gasteiger partial charge is 0.444 e. The monoisotopic (exact) mass is 1450 g/mol. The third kappa shape index (κ3) is 23.9. The number of sulfonamides is 2. The summed E-state index contributed by atoms with van der Waals surface area (Å²) < 4.78 is 69.0. The van der Waals surface area contributed by atoms with Gasteiger partial charge in [-0.3, -0.25) is 33.6 Å². The molecular weight excluding hydrogens is 1330 g/mol. The topological polar surface area (TPSA) is 346 Å². The Bertz CT molecular complexity index is 3110. The van der Waals surface area contributed by atoms with E-state index in [1.54, 1.807) is 41.5 Å². The average Bonchev–Trinajstić information content (AvgIpc) is 1.53. The highest BCUT2D eigenvalue weighted by Gasteiger charge is 2.71. The molecule has 0 aromatic heterocycles. The zero-order valence-corrected chi connectivity index (χ0v) is 65.2. The fraction of sp³-hybridized carbons (Fsp3) is 0.809. The Morgan fingerprint density at radius 3 is 1.37 bits per heavy atom. The van der Waals surface area contributed by atoms with Crippen LogP contribution in [0.1, 0.15) is 146 Å². The Balaban J connectivity index is 0.000000354. The maximum absolute atomic E-state index is 14.5. The van der Waals surface area contributed by atoms with E-state index >= 15 is 0 Å². The molecule has 2 aliphatic carbocycles. The molecule has 6 fully saturated rings. The van der Waals surface area contributed by atoms with Gasteiger partial charge in [-0.05, 0) is 114 Å². The number of carbonyl (C=O) groups is 9. The number of fused-ring (bicyclic) bond motifs is 6. The molecule has 6 rings (SSSR count). The molecule has 0 spiro atoms. The van der Waals surface area contributed by atoms with Crippen molar-refractivity contribution in [3.8, 4) is 0 Å². The van der Waals surface area contributed by atoms with Crippen LogP contribution in [0, 0.1) is 34.5 Å². The molecule has 0 aromatic rings. The number of amides is 8. The van der Waals surface area contributed by atoms with Crippen molar-refractivity contribution < 1.29 is 74.6 Å². The van der Waals surface area contributed by atoms with Crippen molar-refractivity contribution in [2.75, 3.05) is 63.9 Å². The smallest absolute Gasteiger partial charge is 0.408 e. The third-order valence-corrected chi connectivity index (χ3v) is 27.7. The minimum atomic E-state index is -3.80. The second-order valence-corrected chi connectivity index (χ2v) is 48.7. The molecular formula is C68H120N10O16S2Si2. The van der Waals surface area contributed by atoms with Crippen LogP contribution >= 0.6 is 0 Å². The molecule has 558 valence electrons. The molecule has 6 aliphatic rings. The molecule has 0 bridgehead atoms. The minimum absolute atomic E-state index is 0.00676. The van der Waals surface area contributed by atoms with Crippen molar-refractivity contribution in [1.82, 2.24) is 50.3 Å². The Labute approximate surface area is 586 Å². The lowest BCUT2D eigenvalue weighted by Gasteiger charge is -2.36. The lowest BCUT2D eigenvalue weighted by Crippen LogP contribution is -2.61. The van der Waals surface area contributed by atoms with Crippen LogP contribution in [0.25, 0.3) is 0 Å². The molecule has 4 heterocycles. The SMILES string of the molecule is C=CCNC(=O)C(=O)[C@@H]1CCCCCCCN(S(=O)(=O)CC[Si](C)(C)C)C[C@H](NC(=O)OC(C)(C)C)C(=O)N2C[C@H]3[C@@H]([C@H]2C(=O)N1)C3(C)C.C=CCNC(=O)C(O)[C@@H]1CCCCCCCN(S(=O)(=O)CC[Si](C)(C)C)C[C@H](NC(=O)OC(C)(C)C)C(=O)N2C[C@H]3[C@@H]([C@H]2C(=O)N1)C3(C)C. The van der Waals surface area contributed by atoms with Crippen molar-refractivity contribution in [1.29, 1.82) is 0 Å². The summed E-state index contributed by atoms with van der Waals surface area (Å²) in [6.07, 6.45) is 6.96. The number of hydrogen-bond acceptors (Lipinski definition) is 16. The molecule has 0 aromatic carbocycles. The molecule has 0 radical (unpaired) electrons. The van der Waals surface area contributed by atoms with Crippen LogP contribution in [0.3, 0.4) is 0 Å². The number of Topliss-reactive ketones (excluding diaryl/α,β-unsaturated/α-hetero) is 1. The maximum atomic E-state index is 14.5. The van der Waals surface area contributed by atoms with Crippen LogP contribution in [0.2, 0.25) is 51.4 Å². The van der Waals surface area contributed by atoms with Gasteiger partial charge < -0.3 is 56.3 Å². The fourth-order valence-corrected chi connectivity index (χ4v) is 22.9. The second kappa shape index (κ2) is 34.1. The van der Waals surface area contributed by atoms with Crippen molar-refractivity contribution in [2.45, 2.75) is 251 Å². The van der Waals surface area contributed by atoms with E-state index in [1.165, 1.54) is 30.6 Å². The lowest BCUT2D eigenvalue weighted by atomic mass is 9.97. The number of aliphatic hydroxyl groups excluding tert-OH is 1. The van der Waals surface area contributed by atoms with E-state index in [0.29, 0.717) is 63.5 Å². The first-order valence-electron chi connectivity index (χ1n) is 35.3. The first-order chi connectivity index (χ1) is 45.2. The van der Waals surface area contributed by atoms with Crippen molar-refractivity contribution >= 4 is 89.6 Å². The van der Waals surface area contributed by atoms with Crippen molar-refractivity contribution in [3.05, 3.63) is 25.3 Å². The molecule has 26 nitrogen and oxygen atoms in total. The zero-order chi connectivity index (χ0) is 73.9. The molecule has 30 heteroatoms. The summed E-state index contributed by atoms with van der Waals surface area (Å²) in [5, 5.41) is 27.1. The highest BCUT2D eigenvalue weighted by Crippen LogP contribution is 2.66. The molecule has 1 unspecified atom stereocenters. The van der Waals surface area contributed by atoms with Gasteiger partial charge in [0.05, 0.1) is 23.6 Å². The van der Waals surface area contributed by atoms with Gasteiger partial charge in [-0.2, -0.15) is 8.61 Å². The van der Waals surface area contributed by atoms with Gasteiger partial charge in [-0.15, -0.1) is 13.2 Å². The number of ether oxygens (including phenoxy) is 2. The van der Waals surface area contributed by atoms with Crippen LogP contribution < -0.4 is 31.9 Å². The Morgan fingerprint density at radius 2 is 0.969 bits per heavy atom. The van der Waals surface area contributed by atoms with Crippen LogP contribution in [-0.4, -0.2) is 227 Å². The number of piperidine rings is 2. The van der Waals surface area contributed by atoms with Gasteiger partial charge in [-0.1, -0.05) is 130 Å². The number of nitrogens with one attached hydrogen (secondary N) is 6. The summed E-state index contributed by atoms with van der Waals surface area (Å²) in [6.45, 7) is 38.5. The predicted molar refractivity (Wildman–Crippen MR) is 383 cm³/mol. The number of aliphatic hydroxyl groups is 1. The Kier molecular flexibility index (Phi) is 29.0. The number of nitrogens with zero attached hydrogens (tertiary/aromatic N) is 4. The van der Waals surface area contributed by atoms with Crippen LogP contribution in [0.5, 0.6) is 0 Å². The fourth-order valence-electron chi connectivity index (χ4n) is 13.8. The van der Waals surface area contributed by atoms with E-state index in [4.69, 9.17) is 9.47 Å². The van der Waals surface area contributed by atoms with Gasteiger partial charge in [0.15, 0.2) is 6.10 Å². The first-order valence-corrected chi connectivity index (χ1v) is 46.0. The second-order valence-electron chi connectivity index (χ2n) is 33.3. The molecule has 8 amide bonds. The standard InChI is InChI=1S/C34H61N5O8SSi.C34H59N5O8SSi/c2*1-10-17-35-30(42)28(40)24-16-14-12-11-13-15-18-38(48(45,46)19-20-49(7,8)9)22-25(37-32(44)47-33(2,3)4)31(43)39-21-23-26(34(23,5)6)27(39)29(41)36-24/h10,23-28,40H,1,11-22H2,2-9H3,(H,35,42)(H,36,41)(H,37,44);10,23-27H,1,11-22H2,2-9H3,(H,35,42)(H,36,41)(H,37,44)/t23-,24-,25-,26-,27-,28?;23-,24-,25-,26-,27-/m00/s1. The number of ketones is 1. The van der Waals surface area contributed by atoms with E-state index in [0.717, 1.165) is 19.3 Å². The quantitative estimate of drug-likeness (QED) is 0.0479. The summed E-state index contributed by atoms with van der Waals surface area (Å²) in [5.41, 5.74) is -2.25. The van der Waals surface area contributed by atoms with Gasteiger partial charge in [0.25, 0.3) is 11.8 Å². The third-order valence-electron chi connectivity index (χ3n) is 19.8. The molecule has 4 aliphatic heterocycles. The number of alkyl carbamates (subject to hydrolysis) is 2. The van der Waals surface area contributed by atoms with E-state index in [-0.39, 0.29) is 105 Å². The zero-order valence-electron chi connectivity index (χ0n) is 61.6. The summed E-state index contributed by atoms with van der Waals surface area (Å²) in [4.78, 5) is 125. The molecule has 11 atom stereocenters. The lowest BCUT2D eigenvalue weighted by molar-refractivity contribution is -0.144. The normalized spacial score (nSPS) is 27.6. The first kappa shape index (κ1) is 83.4. The van der Waals surface area contributed by atoms with Gasteiger partial charge in [-0.25, -0.2) is 26.4 Å². The van der Waals surface area contributed by atoms with Crippen LogP contribution in [-0.2, 0) is 63.1 Å².